The van der Waals surface area contributed by atoms with Crippen molar-refractivity contribution in [1.82, 2.24) is 29.0 Å². The van der Waals surface area contributed by atoms with Crippen LogP contribution in [0.3, 0.4) is 0 Å². The van der Waals surface area contributed by atoms with Crippen LogP contribution in [0.4, 0.5) is 0 Å². The van der Waals surface area contributed by atoms with E-state index in [1.165, 1.54) is 6.33 Å². The summed E-state index contributed by atoms with van der Waals surface area (Å²) in [7, 11) is 1.74. The van der Waals surface area contributed by atoms with Crippen LogP contribution in [0.25, 0.3) is 22.2 Å². The lowest BCUT2D eigenvalue weighted by Gasteiger charge is -2.32. The van der Waals surface area contributed by atoms with Gasteiger partial charge in [0, 0.05) is 55.4 Å². The summed E-state index contributed by atoms with van der Waals surface area (Å²) in [4.78, 5) is 40.6. The van der Waals surface area contributed by atoms with E-state index < -0.39 is 0 Å². The Morgan fingerprint density at radius 1 is 1.03 bits per heavy atom. The first-order chi connectivity index (χ1) is 16.0. The van der Waals surface area contributed by atoms with Crippen molar-refractivity contribution in [1.29, 1.82) is 0 Å². The molecule has 1 amide bonds. The zero-order chi connectivity index (χ0) is 22.9. The molecule has 3 aromatic heterocycles. The van der Waals surface area contributed by atoms with Crippen molar-refractivity contribution in [3.05, 3.63) is 77.0 Å². The van der Waals surface area contributed by atoms with Crippen LogP contribution < -0.4 is 5.69 Å². The van der Waals surface area contributed by atoms with E-state index in [1.807, 2.05) is 54.5 Å². The SMILES string of the molecule is Cc1cc(-c2cncnc2)cc(C2CCN(C(=O)Cn3c(=O)n(C)c4ccccc43)CC2)n1. The smallest absolute Gasteiger partial charge is 0.329 e. The molecular weight excluding hydrogens is 416 g/mol. The Labute approximate surface area is 191 Å². The lowest BCUT2D eigenvalue weighted by Crippen LogP contribution is -2.41. The summed E-state index contributed by atoms with van der Waals surface area (Å²) in [5.74, 6) is 0.267. The maximum absolute atomic E-state index is 13.0. The van der Waals surface area contributed by atoms with Gasteiger partial charge in [-0.2, -0.15) is 0 Å². The van der Waals surface area contributed by atoms with Crippen molar-refractivity contribution in [3.8, 4) is 11.1 Å². The minimum Gasteiger partial charge on any atom is -0.341 e. The fraction of sp³-hybridized carbons (Fsp3) is 0.320. The van der Waals surface area contributed by atoms with Crippen LogP contribution in [-0.4, -0.2) is 48.0 Å². The van der Waals surface area contributed by atoms with E-state index in [9.17, 15) is 9.59 Å². The van der Waals surface area contributed by atoms with E-state index in [-0.39, 0.29) is 24.1 Å². The van der Waals surface area contributed by atoms with Crippen LogP contribution in [0.1, 0.15) is 30.1 Å². The summed E-state index contributed by atoms with van der Waals surface area (Å²) in [6, 6.07) is 11.7. The number of benzene rings is 1. The highest BCUT2D eigenvalue weighted by Crippen LogP contribution is 2.30. The third-order valence-electron chi connectivity index (χ3n) is 6.48. The van der Waals surface area contributed by atoms with Crippen LogP contribution >= 0.6 is 0 Å². The average molecular weight is 443 g/mol. The number of amides is 1. The molecule has 168 valence electrons. The summed E-state index contributed by atoms with van der Waals surface area (Å²) in [6.45, 7) is 3.37. The summed E-state index contributed by atoms with van der Waals surface area (Å²) in [6.07, 6.45) is 6.83. The molecule has 8 nitrogen and oxygen atoms in total. The second kappa shape index (κ2) is 8.61. The van der Waals surface area contributed by atoms with Crippen molar-refractivity contribution in [2.45, 2.75) is 32.2 Å². The second-order valence-corrected chi connectivity index (χ2v) is 8.62. The van der Waals surface area contributed by atoms with Gasteiger partial charge in [0.05, 0.1) is 11.0 Å². The maximum atomic E-state index is 13.0. The molecule has 0 saturated carbocycles. The fourth-order valence-corrected chi connectivity index (χ4v) is 4.69. The molecule has 4 aromatic rings. The summed E-state index contributed by atoms with van der Waals surface area (Å²) < 4.78 is 3.16. The van der Waals surface area contributed by atoms with E-state index >= 15 is 0 Å². The summed E-state index contributed by atoms with van der Waals surface area (Å²) in [5.41, 5.74) is 5.49. The first-order valence-corrected chi connectivity index (χ1v) is 11.2. The molecule has 0 aliphatic carbocycles. The predicted molar refractivity (Wildman–Crippen MR) is 126 cm³/mol. The Hall–Kier alpha value is -3.81. The molecule has 0 radical (unpaired) electrons. The molecule has 1 saturated heterocycles. The number of nitrogens with zero attached hydrogens (tertiary/aromatic N) is 6. The number of piperidine rings is 1. The molecule has 5 rings (SSSR count). The highest BCUT2D eigenvalue weighted by molar-refractivity contribution is 5.81. The van der Waals surface area contributed by atoms with Gasteiger partial charge >= 0.3 is 5.69 Å². The standard InChI is InChI=1S/C25H26N6O2/c1-17-11-19(20-13-26-16-27-14-20)12-21(28-17)18-7-9-30(10-8-18)24(32)15-31-23-6-4-3-5-22(23)29(2)25(31)33/h3-6,11-14,16,18H,7-10,15H2,1-2H3. The number of hydrogen-bond donors (Lipinski definition) is 0. The number of imidazole rings is 1. The van der Waals surface area contributed by atoms with E-state index in [1.54, 1.807) is 16.2 Å². The second-order valence-electron chi connectivity index (χ2n) is 8.62. The van der Waals surface area contributed by atoms with Gasteiger partial charge in [-0.3, -0.25) is 18.9 Å². The number of likely N-dealkylation sites (tertiary alicyclic amines) is 1. The Balaban J connectivity index is 1.29. The first kappa shape index (κ1) is 21.1. The number of rotatable bonds is 4. The van der Waals surface area contributed by atoms with Gasteiger partial charge in [0.2, 0.25) is 5.91 Å². The van der Waals surface area contributed by atoms with E-state index in [0.717, 1.165) is 46.4 Å². The number of para-hydroxylation sites is 2. The van der Waals surface area contributed by atoms with E-state index in [2.05, 4.69) is 16.0 Å². The number of carbonyl (C=O) groups excluding carboxylic acids is 1. The first-order valence-electron chi connectivity index (χ1n) is 11.2. The molecule has 0 bridgehead atoms. The third-order valence-corrected chi connectivity index (χ3v) is 6.48. The molecule has 0 spiro atoms. The van der Waals surface area contributed by atoms with E-state index in [4.69, 9.17) is 4.98 Å². The van der Waals surface area contributed by atoms with E-state index in [0.29, 0.717) is 13.1 Å². The number of fused-ring (bicyclic) bond motifs is 1. The van der Waals surface area contributed by atoms with Crippen molar-refractivity contribution in [2.24, 2.45) is 7.05 Å². The number of pyridine rings is 1. The van der Waals surface area contributed by atoms with Gasteiger partial charge in [0.25, 0.3) is 0 Å². The Morgan fingerprint density at radius 3 is 2.45 bits per heavy atom. The molecule has 1 fully saturated rings. The molecule has 8 heteroatoms. The van der Waals surface area contributed by atoms with Crippen LogP contribution in [-0.2, 0) is 18.4 Å². The largest absolute Gasteiger partial charge is 0.341 e. The molecule has 0 unspecified atom stereocenters. The minimum atomic E-state index is -0.166. The van der Waals surface area contributed by atoms with Crippen molar-refractivity contribution < 1.29 is 4.79 Å². The Morgan fingerprint density at radius 2 is 1.73 bits per heavy atom. The van der Waals surface area contributed by atoms with Gasteiger partial charge in [-0.1, -0.05) is 12.1 Å². The quantitative estimate of drug-likeness (QED) is 0.485. The summed E-state index contributed by atoms with van der Waals surface area (Å²) >= 11 is 0. The fourth-order valence-electron chi connectivity index (χ4n) is 4.69. The molecule has 1 aromatic carbocycles. The normalized spacial score (nSPS) is 14.7. The molecule has 33 heavy (non-hydrogen) atoms. The number of carbonyl (C=O) groups is 1. The monoisotopic (exact) mass is 442 g/mol. The zero-order valence-electron chi connectivity index (χ0n) is 18.8. The zero-order valence-corrected chi connectivity index (χ0v) is 18.8. The highest BCUT2D eigenvalue weighted by atomic mass is 16.2. The van der Waals surface area contributed by atoms with Crippen molar-refractivity contribution in [3.63, 3.8) is 0 Å². The number of hydrogen-bond acceptors (Lipinski definition) is 5. The number of aryl methyl sites for hydroxylation is 2. The maximum Gasteiger partial charge on any atom is 0.329 e. The minimum absolute atomic E-state index is 0.0220. The van der Waals surface area contributed by atoms with Gasteiger partial charge in [-0.25, -0.2) is 14.8 Å². The Bertz CT molecular complexity index is 1370. The van der Waals surface area contributed by atoms with Crippen molar-refractivity contribution in [2.75, 3.05) is 13.1 Å². The molecular formula is C25H26N6O2. The van der Waals surface area contributed by atoms with Gasteiger partial charge in [-0.15, -0.1) is 0 Å². The predicted octanol–water partition coefficient (Wildman–Crippen LogP) is 2.91. The summed E-state index contributed by atoms with van der Waals surface area (Å²) in [5, 5.41) is 0. The molecule has 1 aliphatic heterocycles. The number of aromatic nitrogens is 5. The highest BCUT2D eigenvalue weighted by Gasteiger charge is 2.26. The van der Waals surface area contributed by atoms with Gasteiger partial charge in [0.15, 0.2) is 0 Å². The molecule has 0 N–H and O–H groups in total. The topological polar surface area (TPSA) is 85.9 Å². The lowest BCUT2D eigenvalue weighted by molar-refractivity contribution is -0.132. The third kappa shape index (κ3) is 4.04. The van der Waals surface area contributed by atoms with Gasteiger partial charge < -0.3 is 4.90 Å². The van der Waals surface area contributed by atoms with Crippen LogP contribution in [0, 0.1) is 6.92 Å². The lowest BCUT2D eigenvalue weighted by atomic mass is 9.91. The van der Waals surface area contributed by atoms with Gasteiger partial charge in [-0.05, 0) is 49.6 Å². The van der Waals surface area contributed by atoms with Crippen LogP contribution in [0.15, 0.2) is 59.9 Å². The van der Waals surface area contributed by atoms with Crippen molar-refractivity contribution >= 4 is 16.9 Å². The molecule has 1 aliphatic rings. The average Bonchev–Trinajstić information content (AvgIpc) is 3.09. The Kier molecular flexibility index (Phi) is 5.50. The molecule has 4 heterocycles. The van der Waals surface area contributed by atoms with Gasteiger partial charge in [0.1, 0.15) is 12.9 Å². The van der Waals surface area contributed by atoms with Crippen LogP contribution in [0.5, 0.6) is 0 Å². The molecule has 0 atom stereocenters. The van der Waals surface area contributed by atoms with Crippen LogP contribution in [0.2, 0.25) is 0 Å².